The number of rotatable bonds is 6. The third-order valence-corrected chi connectivity index (χ3v) is 6.31. The number of hydrogen-bond donors (Lipinski definition) is 1. The van der Waals surface area contributed by atoms with E-state index in [9.17, 15) is 17.2 Å². The predicted octanol–water partition coefficient (Wildman–Crippen LogP) is 5.37. The summed E-state index contributed by atoms with van der Waals surface area (Å²) in [7, 11) is -3.64. The largest absolute Gasteiger partial charge is 0.280 e. The maximum Gasteiger partial charge on any atom is 0.261 e. The molecule has 3 aromatic rings. The van der Waals surface area contributed by atoms with Gasteiger partial charge < -0.3 is 0 Å². The molecule has 0 heterocycles. The van der Waals surface area contributed by atoms with Gasteiger partial charge in [-0.3, -0.25) is 4.72 Å². The molecular weight excluding hydrogens is 388 g/mol. The van der Waals surface area contributed by atoms with Crippen LogP contribution >= 0.6 is 11.8 Å². The first-order valence-corrected chi connectivity index (χ1v) is 10.6. The van der Waals surface area contributed by atoms with Crippen molar-refractivity contribution in [3.63, 3.8) is 0 Å². The maximum atomic E-state index is 13.2. The number of hydrogen-bond acceptors (Lipinski definition) is 3. The Labute approximate surface area is 161 Å². The van der Waals surface area contributed by atoms with E-state index >= 15 is 0 Å². The smallest absolute Gasteiger partial charge is 0.261 e. The zero-order valence-electron chi connectivity index (χ0n) is 14.4. The van der Waals surface area contributed by atoms with Crippen LogP contribution in [-0.2, 0) is 15.8 Å². The van der Waals surface area contributed by atoms with Gasteiger partial charge in [0.25, 0.3) is 10.0 Å². The van der Waals surface area contributed by atoms with E-state index < -0.39 is 21.7 Å². The Morgan fingerprint density at radius 2 is 1.56 bits per heavy atom. The molecule has 0 aliphatic rings. The highest BCUT2D eigenvalue weighted by molar-refractivity contribution is 7.98. The molecule has 0 aromatic heterocycles. The minimum Gasteiger partial charge on any atom is -0.280 e. The quantitative estimate of drug-likeness (QED) is 0.561. The lowest BCUT2D eigenvalue weighted by molar-refractivity contribution is 0.507. The zero-order chi connectivity index (χ0) is 19.4. The Balaban J connectivity index is 1.64. The van der Waals surface area contributed by atoms with Crippen LogP contribution in [0.15, 0.2) is 76.5 Å². The average molecular weight is 405 g/mol. The Morgan fingerprint density at radius 1 is 0.889 bits per heavy atom. The summed E-state index contributed by atoms with van der Waals surface area (Å²) in [5.74, 6) is -1.26. The molecule has 3 nitrogen and oxygen atoms in total. The highest BCUT2D eigenvalue weighted by Crippen LogP contribution is 2.26. The lowest BCUT2D eigenvalue weighted by atomic mass is 10.2. The van der Waals surface area contributed by atoms with Gasteiger partial charge in [-0.25, -0.2) is 17.2 Å². The Bertz CT molecular complexity index is 1030. The molecule has 0 saturated heterocycles. The first-order valence-electron chi connectivity index (χ1n) is 8.10. The van der Waals surface area contributed by atoms with Crippen molar-refractivity contribution in [1.29, 1.82) is 0 Å². The Kier molecular flexibility index (Phi) is 5.82. The van der Waals surface area contributed by atoms with E-state index in [0.717, 1.165) is 16.5 Å². The van der Waals surface area contributed by atoms with Crippen molar-refractivity contribution in [3.05, 3.63) is 89.5 Å². The average Bonchev–Trinajstić information content (AvgIpc) is 2.64. The van der Waals surface area contributed by atoms with E-state index in [1.807, 2.05) is 6.92 Å². The van der Waals surface area contributed by atoms with Gasteiger partial charge in [0, 0.05) is 16.3 Å². The molecule has 140 valence electrons. The molecule has 0 aliphatic heterocycles. The molecule has 0 aliphatic carbocycles. The van der Waals surface area contributed by atoms with Gasteiger partial charge in [0.1, 0.15) is 0 Å². The first-order chi connectivity index (χ1) is 12.8. The van der Waals surface area contributed by atoms with Crippen LogP contribution < -0.4 is 4.72 Å². The Morgan fingerprint density at radius 3 is 2.19 bits per heavy atom. The van der Waals surface area contributed by atoms with Gasteiger partial charge in [-0.1, -0.05) is 23.8 Å². The molecule has 1 N–H and O–H groups in total. The van der Waals surface area contributed by atoms with Gasteiger partial charge >= 0.3 is 0 Å². The van der Waals surface area contributed by atoms with Crippen LogP contribution in [0.4, 0.5) is 14.5 Å². The summed E-state index contributed by atoms with van der Waals surface area (Å²) >= 11 is 1.45. The molecule has 0 radical (unpaired) electrons. The van der Waals surface area contributed by atoms with Gasteiger partial charge in [0.05, 0.1) is 4.90 Å². The van der Waals surface area contributed by atoms with Crippen LogP contribution in [0.25, 0.3) is 0 Å². The number of halogens is 2. The Hall–Kier alpha value is -2.38. The normalized spacial score (nSPS) is 11.4. The van der Waals surface area contributed by atoms with E-state index in [1.54, 1.807) is 48.5 Å². The van der Waals surface area contributed by atoms with Gasteiger partial charge in [0.2, 0.25) is 0 Å². The summed E-state index contributed by atoms with van der Waals surface area (Å²) in [6.07, 6.45) is 0. The lowest BCUT2D eigenvalue weighted by Crippen LogP contribution is -2.12. The van der Waals surface area contributed by atoms with Crippen LogP contribution in [0.2, 0.25) is 0 Å². The fourth-order valence-electron chi connectivity index (χ4n) is 2.35. The molecule has 0 saturated carbocycles. The molecule has 27 heavy (non-hydrogen) atoms. The van der Waals surface area contributed by atoms with Crippen molar-refractivity contribution in [2.45, 2.75) is 22.5 Å². The molecule has 7 heteroatoms. The molecule has 0 spiro atoms. The van der Waals surface area contributed by atoms with Gasteiger partial charge in [-0.15, -0.1) is 11.8 Å². The number of thioether (sulfide) groups is 1. The predicted molar refractivity (Wildman–Crippen MR) is 104 cm³/mol. The minimum atomic E-state index is -3.64. The number of nitrogens with one attached hydrogen (secondary N) is 1. The fraction of sp³-hybridized carbons (Fsp3) is 0.100. The monoisotopic (exact) mass is 405 g/mol. The van der Waals surface area contributed by atoms with Crippen molar-refractivity contribution in [1.82, 2.24) is 0 Å². The fourth-order valence-corrected chi connectivity index (χ4v) is 4.25. The summed E-state index contributed by atoms with van der Waals surface area (Å²) < 4.78 is 53.5. The zero-order valence-corrected chi connectivity index (χ0v) is 16.1. The van der Waals surface area contributed by atoms with Crippen LogP contribution in [0, 0.1) is 18.6 Å². The number of aryl methyl sites for hydroxylation is 1. The number of anilines is 1. The molecule has 0 unspecified atom stereocenters. The van der Waals surface area contributed by atoms with Gasteiger partial charge in [0.15, 0.2) is 11.6 Å². The van der Waals surface area contributed by atoms with Crippen molar-refractivity contribution in [2.75, 3.05) is 4.72 Å². The molecule has 0 amide bonds. The lowest BCUT2D eigenvalue weighted by Gasteiger charge is -2.09. The molecule has 3 rings (SSSR count). The van der Waals surface area contributed by atoms with Crippen molar-refractivity contribution >= 4 is 27.5 Å². The second-order valence-electron chi connectivity index (χ2n) is 5.98. The van der Waals surface area contributed by atoms with Crippen molar-refractivity contribution < 1.29 is 17.2 Å². The van der Waals surface area contributed by atoms with Gasteiger partial charge in [-0.05, 0) is 61.0 Å². The van der Waals surface area contributed by atoms with Crippen LogP contribution in [0.3, 0.4) is 0 Å². The van der Waals surface area contributed by atoms with Crippen LogP contribution in [-0.4, -0.2) is 8.42 Å². The van der Waals surface area contributed by atoms with E-state index in [1.165, 1.54) is 23.9 Å². The van der Waals surface area contributed by atoms with E-state index in [-0.39, 0.29) is 4.90 Å². The molecule has 0 fully saturated rings. The molecule has 3 aromatic carbocycles. The second kappa shape index (κ2) is 8.10. The number of sulfonamides is 1. The topological polar surface area (TPSA) is 46.2 Å². The van der Waals surface area contributed by atoms with E-state index in [2.05, 4.69) is 4.72 Å². The van der Waals surface area contributed by atoms with Crippen molar-refractivity contribution in [2.24, 2.45) is 0 Å². The SMILES string of the molecule is Cc1ccc(S(=O)(=O)Nc2ccc(SCc3ccc(F)c(F)c3)cc2)cc1. The van der Waals surface area contributed by atoms with Crippen molar-refractivity contribution in [3.8, 4) is 0 Å². The highest BCUT2D eigenvalue weighted by atomic mass is 32.2. The van der Waals surface area contributed by atoms with Crippen LogP contribution in [0.1, 0.15) is 11.1 Å². The molecular formula is C20H17F2NO2S2. The molecule has 0 bridgehead atoms. The standard InChI is InChI=1S/C20H17F2NO2S2/c1-14-2-9-18(10-3-14)27(24,25)23-16-5-7-17(8-6-16)26-13-15-4-11-19(21)20(22)12-15/h2-12,23H,13H2,1H3. The third kappa shape index (κ3) is 5.08. The van der Waals surface area contributed by atoms with E-state index in [0.29, 0.717) is 17.0 Å². The highest BCUT2D eigenvalue weighted by Gasteiger charge is 2.13. The van der Waals surface area contributed by atoms with Gasteiger partial charge in [-0.2, -0.15) is 0 Å². The van der Waals surface area contributed by atoms with E-state index in [4.69, 9.17) is 0 Å². The number of benzene rings is 3. The van der Waals surface area contributed by atoms with Crippen LogP contribution in [0.5, 0.6) is 0 Å². The summed E-state index contributed by atoms with van der Waals surface area (Å²) in [5.41, 5.74) is 2.10. The first kappa shape index (κ1) is 19.4. The summed E-state index contributed by atoms with van der Waals surface area (Å²) in [4.78, 5) is 1.09. The minimum absolute atomic E-state index is 0.199. The summed E-state index contributed by atoms with van der Waals surface area (Å²) in [5, 5.41) is 0. The summed E-state index contributed by atoms with van der Waals surface area (Å²) in [6.45, 7) is 1.89. The second-order valence-corrected chi connectivity index (χ2v) is 8.71. The maximum absolute atomic E-state index is 13.2. The summed E-state index contributed by atoms with van der Waals surface area (Å²) in [6, 6.07) is 17.3. The third-order valence-electron chi connectivity index (χ3n) is 3.83. The molecule has 0 atom stereocenters.